The first-order valence-corrected chi connectivity index (χ1v) is 6.21. The highest BCUT2D eigenvalue weighted by Crippen LogP contribution is 2.08. The van der Waals surface area contributed by atoms with Gasteiger partial charge in [0.15, 0.2) is 0 Å². The average Bonchev–Trinajstić information content (AvgIpc) is 2.37. The molecule has 4 heteroatoms. The zero-order valence-electron chi connectivity index (χ0n) is 10.9. The van der Waals surface area contributed by atoms with Crippen LogP contribution >= 0.6 is 0 Å². The standard InChI is InChI=1S/C14H21NO3/c1-11(2)13(10-16)15-14(17)8-9-18-12-6-4-3-5-7-12/h3-7,11,13,16H,8-10H2,1-2H3,(H,15,17)/t13-/m1/s1. The second-order valence-corrected chi connectivity index (χ2v) is 4.51. The maximum absolute atomic E-state index is 11.6. The third-order valence-corrected chi connectivity index (χ3v) is 2.69. The van der Waals surface area contributed by atoms with E-state index in [-0.39, 0.29) is 30.9 Å². The number of aliphatic hydroxyl groups is 1. The molecule has 0 aliphatic carbocycles. The molecule has 0 aliphatic heterocycles. The van der Waals surface area contributed by atoms with Crippen LogP contribution in [0, 0.1) is 5.92 Å². The van der Waals surface area contributed by atoms with Crippen LogP contribution in [0.25, 0.3) is 0 Å². The Labute approximate surface area is 108 Å². The summed E-state index contributed by atoms with van der Waals surface area (Å²) in [7, 11) is 0. The molecule has 0 saturated carbocycles. The molecule has 4 nitrogen and oxygen atoms in total. The van der Waals surface area contributed by atoms with E-state index in [0.29, 0.717) is 6.61 Å². The number of hydrogen-bond donors (Lipinski definition) is 2. The van der Waals surface area contributed by atoms with Crippen molar-refractivity contribution in [2.24, 2.45) is 5.92 Å². The highest BCUT2D eigenvalue weighted by atomic mass is 16.5. The molecule has 0 unspecified atom stereocenters. The molecule has 0 heterocycles. The minimum atomic E-state index is -0.186. The van der Waals surface area contributed by atoms with E-state index in [1.165, 1.54) is 0 Å². The van der Waals surface area contributed by atoms with Gasteiger partial charge in [-0.2, -0.15) is 0 Å². The Morgan fingerprint density at radius 2 is 2.00 bits per heavy atom. The van der Waals surface area contributed by atoms with Gasteiger partial charge in [0, 0.05) is 0 Å². The first kappa shape index (κ1) is 14.5. The molecule has 0 radical (unpaired) electrons. The summed E-state index contributed by atoms with van der Waals surface area (Å²) in [5, 5.41) is 11.9. The highest BCUT2D eigenvalue weighted by Gasteiger charge is 2.14. The Hall–Kier alpha value is -1.55. The number of benzene rings is 1. The van der Waals surface area contributed by atoms with Gasteiger partial charge in [0.1, 0.15) is 5.75 Å². The van der Waals surface area contributed by atoms with Crippen LogP contribution in [-0.4, -0.2) is 30.3 Å². The van der Waals surface area contributed by atoms with Gasteiger partial charge in [-0.15, -0.1) is 0 Å². The van der Waals surface area contributed by atoms with Crippen molar-refractivity contribution >= 4 is 5.91 Å². The number of nitrogens with one attached hydrogen (secondary N) is 1. The van der Waals surface area contributed by atoms with Gasteiger partial charge in [0.25, 0.3) is 0 Å². The van der Waals surface area contributed by atoms with Gasteiger partial charge in [-0.3, -0.25) is 4.79 Å². The molecular formula is C14H21NO3. The third kappa shape index (κ3) is 5.19. The summed E-state index contributed by atoms with van der Waals surface area (Å²) < 4.78 is 5.43. The number of para-hydroxylation sites is 1. The second kappa shape index (κ2) is 7.71. The number of ether oxygens (including phenoxy) is 1. The predicted octanol–water partition coefficient (Wildman–Crippen LogP) is 1.59. The fourth-order valence-corrected chi connectivity index (χ4v) is 1.48. The van der Waals surface area contributed by atoms with E-state index in [1.54, 1.807) is 0 Å². The molecule has 1 aromatic rings. The minimum Gasteiger partial charge on any atom is -0.493 e. The smallest absolute Gasteiger partial charge is 0.223 e. The van der Waals surface area contributed by atoms with Crippen LogP contribution in [0.15, 0.2) is 30.3 Å². The summed E-state index contributed by atoms with van der Waals surface area (Å²) in [5.74, 6) is 0.876. The highest BCUT2D eigenvalue weighted by molar-refractivity contribution is 5.76. The molecule has 1 rings (SSSR count). The van der Waals surface area contributed by atoms with Crippen LogP contribution in [-0.2, 0) is 4.79 Å². The Morgan fingerprint density at radius 1 is 1.33 bits per heavy atom. The van der Waals surface area contributed by atoms with E-state index in [1.807, 2.05) is 44.2 Å². The van der Waals surface area contributed by atoms with Gasteiger partial charge in [0.2, 0.25) is 5.91 Å². The van der Waals surface area contributed by atoms with E-state index in [2.05, 4.69) is 5.32 Å². The quantitative estimate of drug-likeness (QED) is 0.773. The predicted molar refractivity (Wildman–Crippen MR) is 70.4 cm³/mol. The number of hydrogen-bond acceptors (Lipinski definition) is 3. The third-order valence-electron chi connectivity index (χ3n) is 2.69. The van der Waals surface area contributed by atoms with Crippen molar-refractivity contribution in [3.8, 4) is 5.75 Å². The number of rotatable bonds is 7. The first-order valence-electron chi connectivity index (χ1n) is 6.21. The van der Waals surface area contributed by atoms with Crippen LogP contribution in [0.3, 0.4) is 0 Å². The Bertz CT molecular complexity index is 351. The van der Waals surface area contributed by atoms with Gasteiger partial charge >= 0.3 is 0 Å². The maximum Gasteiger partial charge on any atom is 0.223 e. The van der Waals surface area contributed by atoms with Gasteiger partial charge in [-0.05, 0) is 18.1 Å². The molecule has 1 amide bonds. The lowest BCUT2D eigenvalue weighted by Crippen LogP contribution is -2.41. The minimum absolute atomic E-state index is 0.0387. The molecule has 0 aliphatic rings. The van der Waals surface area contributed by atoms with Gasteiger partial charge < -0.3 is 15.2 Å². The van der Waals surface area contributed by atoms with Crippen molar-refractivity contribution < 1.29 is 14.6 Å². The van der Waals surface area contributed by atoms with Crippen molar-refractivity contribution in [2.75, 3.05) is 13.2 Å². The van der Waals surface area contributed by atoms with E-state index in [0.717, 1.165) is 5.75 Å². The summed E-state index contributed by atoms with van der Waals surface area (Å²) in [6, 6.07) is 9.19. The van der Waals surface area contributed by atoms with E-state index >= 15 is 0 Å². The first-order chi connectivity index (χ1) is 8.63. The average molecular weight is 251 g/mol. The van der Waals surface area contributed by atoms with Crippen molar-refractivity contribution in [1.82, 2.24) is 5.32 Å². The fourth-order valence-electron chi connectivity index (χ4n) is 1.48. The number of amides is 1. The van der Waals surface area contributed by atoms with Crippen molar-refractivity contribution in [3.05, 3.63) is 30.3 Å². The topological polar surface area (TPSA) is 58.6 Å². The molecule has 0 bridgehead atoms. The number of carbonyl (C=O) groups excluding carboxylic acids is 1. The van der Waals surface area contributed by atoms with E-state index in [4.69, 9.17) is 9.84 Å². The molecular weight excluding hydrogens is 230 g/mol. The summed E-state index contributed by atoms with van der Waals surface area (Å²) in [5.41, 5.74) is 0. The molecule has 18 heavy (non-hydrogen) atoms. The summed E-state index contributed by atoms with van der Waals surface area (Å²) >= 11 is 0. The lowest BCUT2D eigenvalue weighted by atomic mass is 10.1. The van der Waals surface area contributed by atoms with Crippen molar-refractivity contribution in [1.29, 1.82) is 0 Å². The zero-order chi connectivity index (χ0) is 13.4. The molecule has 100 valence electrons. The molecule has 0 fully saturated rings. The van der Waals surface area contributed by atoms with Crippen LogP contribution in [0.2, 0.25) is 0 Å². The Balaban J connectivity index is 2.25. The summed E-state index contributed by atoms with van der Waals surface area (Å²) in [6.45, 7) is 4.22. The monoisotopic (exact) mass is 251 g/mol. The normalized spacial score (nSPS) is 12.2. The van der Waals surface area contributed by atoms with Gasteiger partial charge in [0.05, 0.1) is 25.7 Å². The zero-order valence-corrected chi connectivity index (χ0v) is 10.9. The summed E-state index contributed by atoms with van der Waals surface area (Å²) in [6.07, 6.45) is 0.290. The molecule has 1 atom stereocenters. The van der Waals surface area contributed by atoms with Gasteiger partial charge in [-0.25, -0.2) is 0 Å². The van der Waals surface area contributed by atoms with E-state index < -0.39 is 0 Å². The number of carbonyl (C=O) groups is 1. The Kier molecular flexibility index (Phi) is 6.22. The second-order valence-electron chi connectivity index (χ2n) is 4.51. The summed E-state index contributed by atoms with van der Waals surface area (Å²) in [4.78, 5) is 11.6. The molecule has 2 N–H and O–H groups in total. The SMILES string of the molecule is CC(C)[C@@H](CO)NC(=O)CCOc1ccccc1. The van der Waals surface area contributed by atoms with Crippen LogP contribution in [0.5, 0.6) is 5.75 Å². The molecule has 0 saturated heterocycles. The fraction of sp³-hybridized carbons (Fsp3) is 0.500. The van der Waals surface area contributed by atoms with Crippen molar-refractivity contribution in [2.45, 2.75) is 26.3 Å². The van der Waals surface area contributed by atoms with Crippen LogP contribution in [0.4, 0.5) is 0 Å². The maximum atomic E-state index is 11.6. The molecule has 0 spiro atoms. The molecule has 0 aromatic heterocycles. The van der Waals surface area contributed by atoms with Crippen LogP contribution < -0.4 is 10.1 Å². The number of aliphatic hydroxyl groups excluding tert-OH is 1. The Morgan fingerprint density at radius 3 is 2.56 bits per heavy atom. The lowest BCUT2D eigenvalue weighted by molar-refractivity contribution is -0.122. The van der Waals surface area contributed by atoms with Crippen LogP contribution in [0.1, 0.15) is 20.3 Å². The lowest BCUT2D eigenvalue weighted by Gasteiger charge is -2.19. The largest absolute Gasteiger partial charge is 0.493 e. The molecule has 1 aromatic carbocycles. The van der Waals surface area contributed by atoms with Gasteiger partial charge in [-0.1, -0.05) is 32.0 Å². The van der Waals surface area contributed by atoms with Crippen molar-refractivity contribution in [3.63, 3.8) is 0 Å². The van der Waals surface area contributed by atoms with E-state index in [9.17, 15) is 4.79 Å².